The number of anilines is 2. The van der Waals surface area contributed by atoms with Crippen LogP contribution >= 0.6 is 0 Å². The van der Waals surface area contributed by atoms with Crippen molar-refractivity contribution in [2.45, 2.75) is 0 Å². The Morgan fingerprint density at radius 3 is 1.72 bits per heavy atom. The maximum Gasteiger partial charge on any atom is 0.0488 e. The van der Waals surface area contributed by atoms with Gasteiger partial charge in [-0.2, -0.15) is 0 Å². The minimum atomic E-state index is 1.17. The van der Waals surface area contributed by atoms with Crippen molar-refractivity contribution in [2.24, 2.45) is 0 Å². The highest BCUT2D eigenvalue weighted by atomic mass is 15.1. The van der Waals surface area contributed by atoms with E-state index in [1.807, 2.05) is 0 Å². The van der Waals surface area contributed by atoms with E-state index >= 15 is 0 Å². The Kier molecular flexibility index (Phi) is 5.81. The highest BCUT2D eigenvalue weighted by molar-refractivity contribution is 5.98. The van der Waals surface area contributed by atoms with E-state index in [1.54, 1.807) is 0 Å². The topological polar surface area (TPSA) is 3.24 Å². The standard InChI is InChI=1S/C35H27N/c1-36(34-22-11-10-20-32(34)27-13-4-2-5-14-27)35-24-23-29(25-33(35)28-15-6-3-7-16-28)31-21-12-18-26-17-8-9-19-30(26)31/h2-25H,1H3. The Balaban J connectivity index is 1.53. The minimum Gasteiger partial charge on any atom is -0.344 e. The van der Waals surface area contributed by atoms with Gasteiger partial charge in [-0.15, -0.1) is 0 Å². The van der Waals surface area contributed by atoms with E-state index in [4.69, 9.17) is 0 Å². The van der Waals surface area contributed by atoms with Crippen LogP contribution in [0.1, 0.15) is 0 Å². The summed E-state index contributed by atoms with van der Waals surface area (Å²) < 4.78 is 0. The summed E-state index contributed by atoms with van der Waals surface area (Å²) in [6.45, 7) is 0. The molecule has 1 heteroatoms. The van der Waals surface area contributed by atoms with Gasteiger partial charge in [-0.3, -0.25) is 0 Å². The van der Waals surface area contributed by atoms with Crippen molar-refractivity contribution < 1.29 is 0 Å². The first kappa shape index (κ1) is 21.9. The number of rotatable bonds is 5. The monoisotopic (exact) mass is 461 g/mol. The molecular formula is C35H27N. The summed E-state index contributed by atoms with van der Waals surface area (Å²) in [7, 11) is 2.17. The lowest BCUT2D eigenvalue weighted by atomic mass is 9.93. The summed E-state index contributed by atoms with van der Waals surface area (Å²) in [6.07, 6.45) is 0. The number of hydrogen-bond acceptors (Lipinski definition) is 1. The molecule has 36 heavy (non-hydrogen) atoms. The summed E-state index contributed by atoms with van der Waals surface area (Å²) in [6, 6.07) is 52.0. The largest absolute Gasteiger partial charge is 0.344 e. The third-order valence-corrected chi connectivity index (χ3v) is 6.89. The minimum absolute atomic E-state index is 1.17. The van der Waals surface area contributed by atoms with Crippen molar-refractivity contribution in [2.75, 3.05) is 11.9 Å². The lowest BCUT2D eigenvalue weighted by molar-refractivity contribution is 1.21. The molecule has 6 aromatic carbocycles. The molecule has 6 rings (SSSR count). The molecular weight excluding hydrogens is 434 g/mol. The Hall–Kier alpha value is -4.62. The van der Waals surface area contributed by atoms with Crippen LogP contribution in [-0.2, 0) is 0 Å². The molecule has 0 fully saturated rings. The average Bonchev–Trinajstić information content (AvgIpc) is 2.97. The Morgan fingerprint density at radius 1 is 0.389 bits per heavy atom. The summed E-state index contributed by atoms with van der Waals surface area (Å²) >= 11 is 0. The van der Waals surface area contributed by atoms with Gasteiger partial charge in [0.2, 0.25) is 0 Å². The van der Waals surface area contributed by atoms with Crippen molar-refractivity contribution >= 4 is 22.1 Å². The predicted molar refractivity (Wildman–Crippen MR) is 155 cm³/mol. The van der Waals surface area contributed by atoms with Crippen LogP contribution in [0, 0.1) is 0 Å². The van der Waals surface area contributed by atoms with E-state index in [-0.39, 0.29) is 0 Å². The van der Waals surface area contributed by atoms with E-state index in [9.17, 15) is 0 Å². The zero-order valence-corrected chi connectivity index (χ0v) is 20.3. The molecule has 0 saturated carbocycles. The fraction of sp³-hybridized carbons (Fsp3) is 0.0286. The molecule has 0 unspecified atom stereocenters. The summed E-state index contributed by atoms with van der Waals surface area (Å²) in [4.78, 5) is 2.32. The number of fused-ring (bicyclic) bond motifs is 1. The van der Waals surface area contributed by atoms with E-state index in [0.717, 1.165) is 0 Å². The first-order valence-corrected chi connectivity index (χ1v) is 12.4. The number of para-hydroxylation sites is 1. The molecule has 172 valence electrons. The second-order valence-corrected chi connectivity index (χ2v) is 9.07. The van der Waals surface area contributed by atoms with Gasteiger partial charge >= 0.3 is 0 Å². The van der Waals surface area contributed by atoms with E-state index in [2.05, 4.69) is 158 Å². The maximum absolute atomic E-state index is 2.34. The molecule has 0 bridgehead atoms. The molecule has 0 aliphatic carbocycles. The van der Waals surface area contributed by atoms with E-state index in [0.29, 0.717) is 0 Å². The molecule has 0 aliphatic heterocycles. The van der Waals surface area contributed by atoms with Gasteiger partial charge in [-0.05, 0) is 51.2 Å². The SMILES string of the molecule is CN(c1ccccc1-c1ccccc1)c1ccc(-c2cccc3ccccc23)cc1-c1ccccc1. The van der Waals surface area contributed by atoms with Gasteiger partial charge in [-0.1, -0.05) is 127 Å². The first-order chi connectivity index (χ1) is 17.8. The van der Waals surface area contributed by atoms with Gasteiger partial charge in [0.25, 0.3) is 0 Å². The van der Waals surface area contributed by atoms with Crippen LogP contribution in [0.3, 0.4) is 0 Å². The number of benzene rings is 6. The van der Waals surface area contributed by atoms with Crippen LogP contribution in [-0.4, -0.2) is 7.05 Å². The van der Waals surface area contributed by atoms with Crippen LogP contribution in [0.5, 0.6) is 0 Å². The lowest BCUT2D eigenvalue weighted by Gasteiger charge is -2.26. The molecule has 0 amide bonds. The van der Waals surface area contributed by atoms with Gasteiger partial charge in [0, 0.05) is 29.5 Å². The fourth-order valence-corrected chi connectivity index (χ4v) is 5.08. The van der Waals surface area contributed by atoms with Crippen molar-refractivity contribution in [3.8, 4) is 33.4 Å². The zero-order chi connectivity index (χ0) is 24.3. The number of hydrogen-bond donors (Lipinski definition) is 0. The second kappa shape index (κ2) is 9.56. The van der Waals surface area contributed by atoms with Crippen LogP contribution in [0.4, 0.5) is 11.4 Å². The molecule has 0 N–H and O–H groups in total. The fourth-order valence-electron chi connectivity index (χ4n) is 5.08. The zero-order valence-electron chi connectivity index (χ0n) is 20.3. The maximum atomic E-state index is 2.34. The highest BCUT2D eigenvalue weighted by Crippen LogP contribution is 2.41. The Labute approximate surface area is 212 Å². The molecule has 0 aliphatic rings. The third kappa shape index (κ3) is 4.06. The first-order valence-electron chi connectivity index (χ1n) is 12.4. The van der Waals surface area contributed by atoms with Gasteiger partial charge in [-0.25, -0.2) is 0 Å². The summed E-state index contributed by atoms with van der Waals surface area (Å²) in [5.41, 5.74) is 9.69. The quantitative estimate of drug-likeness (QED) is 0.247. The second-order valence-electron chi connectivity index (χ2n) is 9.07. The summed E-state index contributed by atoms with van der Waals surface area (Å²) in [5, 5.41) is 2.53. The third-order valence-electron chi connectivity index (χ3n) is 6.89. The van der Waals surface area contributed by atoms with Gasteiger partial charge in [0.1, 0.15) is 0 Å². The van der Waals surface area contributed by atoms with Crippen molar-refractivity contribution in [1.82, 2.24) is 0 Å². The smallest absolute Gasteiger partial charge is 0.0488 e. The molecule has 0 saturated heterocycles. The molecule has 1 nitrogen and oxygen atoms in total. The molecule has 0 spiro atoms. The lowest BCUT2D eigenvalue weighted by Crippen LogP contribution is -2.12. The molecule has 0 radical (unpaired) electrons. The van der Waals surface area contributed by atoms with Gasteiger partial charge in [0.15, 0.2) is 0 Å². The highest BCUT2D eigenvalue weighted by Gasteiger charge is 2.16. The normalized spacial score (nSPS) is 10.9. The average molecular weight is 462 g/mol. The van der Waals surface area contributed by atoms with E-state index < -0.39 is 0 Å². The van der Waals surface area contributed by atoms with Crippen LogP contribution in [0.25, 0.3) is 44.2 Å². The van der Waals surface area contributed by atoms with Crippen molar-refractivity contribution in [3.63, 3.8) is 0 Å². The molecule has 0 aromatic heterocycles. The van der Waals surface area contributed by atoms with Gasteiger partial charge in [0.05, 0.1) is 0 Å². The molecule has 0 atom stereocenters. The molecule has 6 aromatic rings. The Morgan fingerprint density at radius 2 is 0.944 bits per heavy atom. The van der Waals surface area contributed by atoms with Crippen LogP contribution < -0.4 is 4.90 Å². The number of nitrogens with zero attached hydrogens (tertiary/aromatic N) is 1. The van der Waals surface area contributed by atoms with Crippen LogP contribution in [0.15, 0.2) is 146 Å². The van der Waals surface area contributed by atoms with Crippen molar-refractivity contribution in [1.29, 1.82) is 0 Å². The van der Waals surface area contributed by atoms with Crippen molar-refractivity contribution in [3.05, 3.63) is 146 Å². The molecule has 0 heterocycles. The predicted octanol–water partition coefficient (Wildman–Crippen LogP) is 9.61. The van der Waals surface area contributed by atoms with Gasteiger partial charge < -0.3 is 4.90 Å². The summed E-state index contributed by atoms with van der Waals surface area (Å²) in [5.74, 6) is 0. The Bertz CT molecular complexity index is 1630. The van der Waals surface area contributed by atoms with E-state index in [1.165, 1.54) is 55.5 Å². The van der Waals surface area contributed by atoms with Crippen LogP contribution in [0.2, 0.25) is 0 Å².